The molecule has 0 aliphatic heterocycles. The SMILES string of the molecule is CN(CCOc1cccc(Cl)c1)C(=O)c1cc(Br)c(Br)s1. The molecule has 0 bridgehead atoms. The van der Waals surface area contributed by atoms with Crippen molar-refractivity contribution < 1.29 is 9.53 Å². The quantitative estimate of drug-likeness (QED) is 0.632. The van der Waals surface area contributed by atoms with Gasteiger partial charge in [-0.2, -0.15) is 0 Å². The molecule has 1 heterocycles. The Balaban J connectivity index is 1.87. The number of hydrogen-bond donors (Lipinski definition) is 0. The maximum absolute atomic E-state index is 12.2. The monoisotopic (exact) mass is 451 g/mol. The van der Waals surface area contributed by atoms with Crippen molar-refractivity contribution in [1.29, 1.82) is 0 Å². The van der Waals surface area contributed by atoms with Crippen molar-refractivity contribution in [3.63, 3.8) is 0 Å². The lowest BCUT2D eigenvalue weighted by molar-refractivity contribution is 0.0778. The Labute approximate surface area is 149 Å². The molecule has 2 aromatic rings. The fourth-order valence-electron chi connectivity index (χ4n) is 1.60. The molecule has 1 aromatic carbocycles. The molecule has 0 atom stereocenters. The molecule has 0 radical (unpaired) electrons. The largest absolute Gasteiger partial charge is 0.492 e. The predicted octanol–water partition coefficient (Wildman–Crippen LogP) is 5.08. The first kappa shape index (κ1) is 16.8. The Morgan fingerprint density at radius 1 is 1.38 bits per heavy atom. The van der Waals surface area contributed by atoms with Crippen molar-refractivity contribution in [2.24, 2.45) is 0 Å². The molecule has 2 rings (SSSR count). The van der Waals surface area contributed by atoms with E-state index in [1.54, 1.807) is 24.1 Å². The molecule has 0 spiro atoms. The highest BCUT2D eigenvalue weighted by atomic mass is 79.9. The van der Waals surface area contributed by atoms with Crippen LogP contribution in [0.1, 0.15) is 9.67 Å². The first-order valence-electron chi connectivity index (χ1n) is 6.06. The summed E-state index contributed by atoms with van der Waals surface area (Å²) in [5.41, 5.74) is 0. The number of hydrogen-bond acceptors (Lipinski definition) is 3. The summed E-state index contributed by atoms with van der Waals surface area (Å²) in [7, 11) is 1.76. The van der Waals surface area contributed by atoms with Crippen LogP contribution < -0.4 is 4.74 Å². The normalized spacial score (nSPS) is 10.5. The maximum atomic E-state index is 12.2. The molecule has 0 aliphatic rings. The highest BCUT2D eigenvalue weighted by Crippen LogP contribution is 2.32. The van der Waals surface area contributed by atoms with Gasteiger partial charge in [-0.3, -0.25) is 4.79 Å². The van der Waals surface area contributed by atoms with Crippen molar-refractivity contribution in [3.8, 4) is 5.75 Å². The number of thiophene rings is 1. The van der Waals surface area contributed by atoms with Crippen LogP contribution in [0.5, 0.6) is 5.75 Å². The smallest absolute Gasteiger partial charge is 0.263 e. The van der Waals surface area contributed by atoms with E-state index in [0.717, 1.165) is 8.26 Å². The average molecular weight is 454 g/mol. The summed E-state index contributed by atoms with van der Waals surface area (Å²) in [5, 5.41) is 0.630. The number of benzene rings is 1. The summed E-state index contributed by atoms with van der Waals surface area (Å²) < 4.78 is 7.38. The van der Waals surface area contributed by atoms with Gasteiger partial charge in [-0.05, 0) is 56.1 Å². The van der Waals surface area contributed by atoms with Crippen LogP contribution in [0.2, 0.25) is 5.02 Å². The van der Waals surface area contributed by atoms with Crippen LogP contribution in [0.25, 0.3) is 0 Å². The first-order chi connectivity index (χ1) is 9.97. The van der Waals surface area contributed by atoms with E-state index < -0.39 is 0 Å². The fraction of sp³-hybridized carbons (Fsp3) is 0.214. The van der Waals surface area contributed by atoms with E-state index in [1.807, 2.05) is 18.2 Å². The molecule has 3 nitrogen and oxygen atoms in total. The van der Waals surface area contributed by atoms with Crippen molar-refractivity contribution in [2.45, 2.75) is 0 Å². The Hall–Kier alpha value is -0.560. The molecule has 112 valence electrons. The molecular weight excluding hydrogens is 441 g/mol. The van der Waals surface area contributed by atoms with Crippen molar-refractivity contribution in [1.82, 2.24) is 4.90 Å². The first-order valence-corrected chi connectivity index (χ1v) is 8.84. The molecule has 0 fully saturated rings. The zero-order valence-corrected chi connectivity index (χ0v) is 15.9. The van der Waals surface area contributed by atoms with Gasteiger partial charge in [0.1, 0.15) is 12.4 Å². The van der Waals surface area contributed by atoms with Gasteiger partial charge in [-0.15, -0.1) is 11.3 Å². The number of halogens is 3. The summed E-state index contributed by atoms with van der Waals surface area (Å²) in [5.74, 6) is 0.672. The van der Waals surface area contributed by atoms with E-state index in [1.165, 1.54) is 11.3 Å². The number of rotatable bonds is 5. The third kappa shape index (κ3) is 4.71. The molecule has 0 N–H and O–H groups in total. The minimum absolute atomic E-state index is 0.0268. The van der Waals surface area contributed by atoms with Gasteiger partial charge in [0, 0.05) is 16.5 Å². The number of amides is 1. The molecule has 7 heteroatoms. The molecule has 0 unspecified atom stereocenters. The molecule has 1 amide bonds. The van der Waals surface area contributed by atoms with Gasteiger partial charge in [0.15, 0.2) is 0 Å². The third-order valence-corrected chi connectivity index (χ3v) is 6.17. The van der Waals surface area contributed by atoms with Crippen LogP contribution >= 0.6 is 54.8 Å². The second-order valence-electron chi connectivity index (χ2n) is 4.26. The predicted molar refractivity (Wildman–Crippen MR) is 93.6 cm³/mol. The minimum atomic E-state index is -0.0268. The lowest BCUT2D eigenvalue weighted by Crippen LogP contribution is -2.30. The summed E-state index contributed by atoms with van der Waals surface area (Å²) in [4.78, 5) is 14.5. The maximum Gasteiger partial charge on any atom is 0.263 e. The van der Waals surface area contributed by atoms with Gasteiger partial charge in [0.25, 0.3) is 5.91 Å². The van der Waals surface area contributed by atoms with Crippen molar-refractivity contribution in [2.75, 3.05) is 20.2 Å². The van der Waals surface area contributed by atoms with Gasteiger partial charge < -0.3 is 9.64 Å². The molecule has 21 heavy (non-hydrogen) atoms. The Kier molecular flexibility index (Phi) is 6.10. The molecular formula is C14H12Br2ClNO2S. The number of ether oxygens (including phenoxy) is 1. The Morgan fingerprint density at radius 3 is 2.76 bits per heavy atom. The van der Waals surface area contributed by atoms with Crippen LogP contribution in [-0.4, -0.2) is 31.0 Å². The van der Waals surface area contributed by atoms with Crippen LogP contribution in [0.15, 0.2) is 38.6 Å². The third-order valence-electron chi connectivity index (χ3n) is 2.69. The Bertz CT molecular complexity index is 628. The number of likely N-dealkylation sites (N-methyl/N-ethyl adjacent to an activating group) is 1. The lowest BCUT2D eigenvalue weighted by atomic mass is 10.3. The van der Waals surface area contributed by atoms with Crippen molar-refractivity contribution in [3.05, 3.63) is 48.5 Å². The highest BCUT2D eigenvalue weighted by Gasteiger charge is 2.16. The highest BCUT2D eigenvalue weighted by molar-refractivity contribution is 9.13. The van der Waals surface area contributed by atoms with Crippen molar-refractivity contribution >= 4 is 60.7 Å². The zero-order valence-electron chi connectivity index (χ0n) is 11.1. The Morgan fingerprint density at radius 2 is 2.14 bits per heavy atom. The summed E-state index contributed by atoms with van der Waals surface area (Å²) in [6, 6.07) is 9.01. The van der Waals surface area contributed by atoms with Gasteiger partial charge in [-0.25, -0.2) is 0 Å². The van der Waals surface area contributed by atoms with E-state index in [9.17, 15) is 4.79 Å². The fourth-order valence-corrected chi connectivity index (χ4v) is 3.81. The van der Waals surface area contributed by atoms with E-state index in [4.69, 9.17) is 16.3 Å². The van der Waals surface area contributed by atoms with Gasteiger partial charge in [0.05, 0.1) is 15.2 Å². The zero-order chi connectivity index (χ0) is 15.4. The van der Waals surface area contributed by atoms with Crippen LogP contribution in [0.3, 0.4) is 0 Å². The van der Waals surface area contributed by atoms with E-state index in [0.29, 0.717) is 28.8 Å². The second kappa shape index (κ2) is 7.63. The molecule has 0 aliphatic carbocycles. The summed E-state index contributed by atoms with van der Waals surface area (Å²) in [6.07, 6.45) is 0. The van der Waals surface area contributed by atoms with Gasteiger partial charge in [-0.1, -0.05) is 17.7 Å². The van der Waals surface area contributed by atoms with Crippen LogP contribution in [0.4, 0.5) is 0 Å². The minimum Gasteiger partial charge on any atom is -0.492 e. The van der Waals surface area contributed by atoms with Crippen LogP contribution in [-0.2, 0) is 0 Å². The molecule has 1 aromatic heterocycles. The van der Waals surface area contributed by atoms with Gasteiger partial charge >= 0.3 is 0 Å². The standard InChI is InChI=1S/C14H12Br2ClNO2S/c1-18(14(19)12-8-11(15)13(16)21-12)5-6-20-10-4-2-3-9(17)7-10/h2-4,7-8H,5-6H2,1H3. The topological polar surface area (TPSA) is 29.5 Å². The summed E-state index contributed by atoms with van der Waals surface area (Å²) in [6.45, 7) is 0.911. The van der Waals surface area contributed by atoms with E-state index >= 15 is 0 Å². The van der Waals surface area contributed by atoms with E-state index in [-0.39, 0.29) is 5.91 Å². The van der Waals surface area contributed by atoms with Crippen LogP contribution in [0, 0.1) is 0 Å². The second-order valence-corrected chi connectivity index (χ2v) is 7.93. The molecule has 0 saturated heterocycles. The number of nitrogens with zero attached hydrogens (tertiary/aromatic N) is 1. The number of carbonyl (C=O) groups excluding carboxylic acids is 1. The summed E-state index contributed by atoms with van der Waals surface area (Å²) >= 11 is 14.1. The molecule has 0 saturated carbocycles. The van der Waals surface area contributed by atoms with E-state index in [2.05, 4.69) is 31.9 Å². The lowest BCUT2D eigenvalue weighted by Gasteiger charge is -2.16. The number of carbonyl (C=O) groups is 1. The van der Waals surface area contributed by atoms with Gasteiger partial charge in [0.2, 0.25) is 0 Å². The average Bonchev–Trinajstić information content (AvgIpc) is 2.78.